The molecule has 0 saturated carbocycles. The predicted octanol–water partition coefficient (Wildman–Crippen LogP) is 2.52. The molecule has 0 aliphatic carbocycles. The van der Waals surface area contributed by atoms with Crippen molar-refractivity contribution in [1.29, 1.82) is 0 Å². The van der Waals surface area contributed by atoms with Crippen molar-refractivity contribution >= 4 is 5.91 Å². The van der Waals surface area contributed by atoms with Crippen molar-refractivity contribution in [3.63, 3.8) is 0 Å². The summed E-state index contributed by atoms with van der Waals surface area (Å²) in [4.78, 5) is 15.8. The van der Waals surface area contributed by atoms with E-state index < -0.39 is 0 Å². The number of aromatic nitrogens is 2. The normalized spacial score (nSPS) is 11.4. The molecular weight excluding hydrogens is 262 g/mol. The van der Waals surface area contributed by atoms with Gasteiger partial charge in [0, 0.05) is 25.9 Å². The molecule has 0 aliphatic heterocycles. The Hall–Kier alpha value is -2.10. The summed E-state index contributed by atoms with van der Waals surface area (Å²) in [6.45, 7) is 6.93. The van der Waals surface area contributed by atoms with Gasteiger partial charge in [0.15, 0.2) is 0 Å². The Kier molecular flexibility index (Phi) is 4.46. The number of hydrogen-bond donors (Lipinski definition) is 1. The number of likely N-dealkylation sites (N-methyl/N-ethyl adjacent to an activating group) is 1. The summed E-state index contributed by atoms with van der Waals surface area (Å²) in [5.41, 5.74) is 2.68. The van der Waals surface area contributed by atoms with Gasteiger partial charge in [-0.1, -0.05) is 45.0 Å². The Bertz CT molecular complexity index is 606. The van der Waals surface area contributed by atoms with Crippen LogP contribution in [-0.2, 0) is 23.2 Å². The van der Waals surface area contributed by atoms with E-state index in [1.54, 1.807) is 13.2 Å². The third kappa shape index (κ3) is 3.94. The summed E-state index contributed by atoms with van der Waals surface area (Å²) in [5.74, 6) is 0.888. The molecule has 2 rings (SSSR count). The maximum atomic E-state index is 11.5. The van der Waals surface area contributed by atoms with E-state index in [1.165, 1.54) is 11.1 Å². The molecule has 112 valence electrons. The van der Waals surface area contributed by atoms with Gasteiger partial charge in [-0.15, -0.1) is 0 Å². The van der Waals surface area contributed by atoms with Crippen molar-refractivity contribution < 1.29 is 4.79 Å². The number of imidazole rings is 1. The monoisotopic (exact) mass is 285 g/mol. The van der Waals surface area contributed by atoms with Crippen molar-refractivity contribution in [2.45, 2.75) is 39.2 Å². The minimum Gasteiger partial charge on any atom is -0.358 e. The fourth-order valence-electron chi connectivity index (χ4n) is 2.19. The van der Waals surface area contributed by atoms with Crippen LogP contribution in [0.2, 0.25) is 0 Å². The van der Waals surface area contributed by atoms with Crippen molar-refractivity contribution in [2.75, 3.05) is 7.05 Å². The molecule has 1 N–H and O–H groups in total. The topological polar surface area (TPSA) is 46.9 Å². The Morgan fingerprint density at radius 3 is 2.48 bits per heavy atom. The van der Waals surface area contributed by atoms with Gasteiger partial charge >= 0.3 is 0 Å². The molecule has 1 amide bonds. The molecule has 1 heterocycles. The Balaban J connectivity index is 2.12. The van der Waals surface area contributed by atoms with Crippen LogP contribution >= 0.6 is 0 Å². The zero-order valence-electron chi connectivity index (χ0n) is 13.2. The van der Waals surface area contributed by atoms with Gasteiger partial charge in [-0.25, -0.2) is 4.98 Å². The van der Waals surface area contributed by atoms with E-state index in [4.69, 9.17) is 0 Å². The average molecular weight is 285 g/mol. The lowest BCUT2D eigenvalue weighted by Crippen LogP contribution is -2.24. The number of rotatable bonds is 4. The second-order valence-corrected chi connectivity index (χ2v) is 6.27. The molecule has 0 saturated heterocycles. The Morgan fingerprint density at radius 1 is 1.24 bits per heavy atom. The predicted molar refractivity (Wildman–Crippen MR) is 84.2 cm³/mol. The molecule has 0 bridgehead atoms. The highest BCUT2D eigenvalue weighted by atomic mass is 16.1. The maximum Gasteiger partial charge on any atom is 0.239 e. The first-order chi connectivity index (χ1) is 9.90. The first-order valence-corrected chi connectivity index (χ1v) is 7.20. The molecule has 0 atom stereocenters. The highest BCUT2D eigenvalue weighted by molar-refractivity contribution is 5.75. The molecule has 4 nitrogen and oxygen atoms in total. The van der Waals surface area contributed by atoms with Crippen LogP contribution < -0.4 is 5.32 Å². The second-order valence-electron chi connectivity index (χ2n) is 6.27. The molecule has 0 unspecified atom stereocenters. The first kappa shape index (κ1) is 15.3. The summed E-state index contributed by atoms with van der Waals surface area (Å²) in [7, 11) is 1.64. The van der Waals surface area contributed by atoms with Gasteiger partial charge in [0.25, 0.3) is 0 Å². The van der Waals surface area contributed by atoms with E-state index >= 15 is 0 Å². The van der Waals surface area contributed by atoms with Crippen molar-refractivity contribution in [3.05, 3.63) is 53.6 Å². The number of nitrogens with one attached hydrogen (secondary N) is 1. The molecule has 1 aromatic heterocycles. The average Bonchev–Trinajstić information content (AvgIpc) is 2.85. The number of nitrogens with zero attached hydrogens (tertiary/aromatic N) is 2. The zero-order valence-corrected chi connectivity index (χ0v) is 13.2. The molecular formula is C17H23N3O. The van der Waals surface area contributed by atoms with Crippen LogP contribution in [0, 0.1) is 0 Å². The van der Waals surface area contributed by atoms with Crippen molar-refractivity contribution in [2.24, 2.45) is 0 Å². The zero-order chi connectivity index (χ0) is 15.5. The minimum atomic E-state index is -0.0164. The smallest absolute Gasteiger partial charge is 0.239 e. The molecule has 0 radical (unpaired) electrons. The van der Waals surface area contributed by atoms with Crippen LogP contribution in [0.15, 0.2) is 36.7 Å². The molecule has 0 spiro atoms. The SMILES string of the molecule is CNC(=O)Cn1ccnc1Cc1ccc(C(C)(C)C)cc1. The van der Waals surface area contributed by atoms with E-state index in [0.29, 0.717) is 6.54 Å². The van der Waals surface area contributed by atoms with Crippen LogP contribution in [0.3, 0.4) is 0 Å². The summed E-state index contributed by atoms with van der Waals surface area (Å²) < 4.78 is 1.89. The third-order valence-electron chi connectivity index (χ3n) is 3.58. The summed E-state index contributed by atoms with van der Waals surface area (Å²) in [6.07, 6.45) is 4.31. The van der Waals surface area contributed by atoms with E-state index in [1.807, 2.05) is 10.8 Å². The van der Waals surface area contributed by atoms with Gasteiger partial charge in [-0.3, -0.25) is 4.79 Å². The highest BCUT2D eigenvalue weighted by Crippen LogP contribution is 2.22. The highest BCUT2D eigenvalue weighted by Gasteiger charge is 2.13. The number of benzene rings is 1. The van der Waals surface area contributed by atoms with E-state index in [0.717, 1.165) is 12.2 Å². The fourth-order valence-corrected chi connectivity index (χ4v) is 2.19. The fraction of sp³-hybridized carbons (Fsp3) is 0.412. The summed E-state index contributed by atoms with van der Waals surface area (Å²) in [5, 5.41) is 2.63. The van der Waals surface area contributed by atoms with E-state index in [2.05, 4.69) is 55.3 Å². The Morgan fingerprint density at radius 2 is 1.90 bits per heavy atom. The first-order valence-electron chi connectivity index (χ1n) is 7.20. The number of carbonyl (C=O) groups is 1. The molecule has 0 aliphatic rings. The van der Waals surface area contributed by atoms with Crippen LogP contribution in [0.4, 0.5) is 0 Å². The second kappa shape index (κ2) is 6.12. The van der Waals surface area contributed by atoms with Crippen LogP contribution in [0.5, 0.6) is 0 Å². The van der Waals surface area contributed by atoms with E-state index in [9.17, 15) is 4.79 Å². The quantitative estimate of drug-likeness (QED) is 0.938. The van der Waals surface area contributed by atoms with Gasteiger partial charge in [0.2, 0.25) is 5.91 Å². The van der Waals surface area contributed by atoms with Gasteiger partial charge in [0.05, 0.1) is 0 Å². The molecule has 21 heavy (non-hydrogen) atoms. The van der Waals surface area contributed by atoms with Crippen LogP contribution in [-0.4, -0.2) is 22.5 Å². The molecule has 4 heteroatoms. The lowest BCUT2D eigenvalue weighted by Gasteiger charge is -2.19. The number of carbonyl (C=O) groups excluding carboxylic acids is 1. The largest absolute Gasteiger partial charge is 0.358 e. The minimum absolute atomic E-state index is 0.0164. The lowest BCUT2D eigenvalue weighted by molar-refractivity contribution is -0.121. The van der Waals surface area contributed by atoms with Gasteiger partial charge in [-0.2, -0.15) is 0 Å². The van der Waals surface area contributed by atoms with Gasteiger partial charge in [0.1, 0.15) is 12.4 Å². The van der Waals surface area contributed by atoms with Gasteiger partial charge in [-0.05, 0) is 16.5 Å². The lowest BCUT2D eigenvalue weighted by atomic mass is 9.86. The van der Waals surface area contributed by atoms with Crippen molar-refractivity contribution in [1.82, 2.24) is 14.9 Å². The van der Waals surface area contributed by atoms with Gasteiger partial charge < -0.3 is 9.88 Å². The molecule has 2 aromatic rings. The van der Waals surface area contributed by atoms with Crippen LogP contribution in [0.1, 0.15) is 37.7 Å². The standard InChI is InChI=1S/C17H23N3O/c1-17(2,3)14-7-5-13(6-8-14)11-15-19-9-10-20(15)12-16(21)18-4/h5-10H,11-12H2,1-4H3,(H,18,21). The number of hydrogen-bond acceptors (Lipinski definition) is 2. The molecule has 0 fully saturated rings. The van der Waals surface area contributed by atoms with Crippen LogP contribution in [0.25, 0.3) is 0 Å². The maximum absolute atomic E-state index is 11.5. The third-order valence-corrected chi connectivity index (χ3v) is 3.58. The Labute approximate surface area is 126 Å². The number of amides is 1. The summed E-state index contributed by atoms with van der Waals surface area (Å²) >= 11 is 0. The van der Waals surface area contributed by atoms with Crippen molar-refractivity contribution in [3.8, 4) is 0 Å². The summed E-state index contributed by atoms with van der Waals surface area (Å²) in [6, 6.07) is 8.61. The molecule has 1 aromatic carbocycles. The van der Waals surface area contributed by atoms with E-state index in [-0.39, 0.29) is 11.3 Å².